The average molecular weight is 199 g/mol. The maximum Gasteiger partial charge on any atom is 0.320 e. The van der Waals surface area contributed by atoms with Crippen molar-refractivity contribution in [2.45, 2.75) is 45.6 Å². The highest BCUT2D eigenvalue weighted by atomic mass is 16.4. The van der Waals surface area contributed by atoms with Crippen molar-refractivity contribution >= 4 is 5.97 Å². The number of nitrogens with one attached hydrogen (secondary N) is 1. The van der Waals surface area contributed by atoms with Gasteiger partial charge in [-0.25, -0.2) is 0 Å². The first kappa shape index (κ1) is 11.5. The Labute approximate surface area is 85.9 Å². The van der Waals surface area contributed by atoms with Crippen molar-refractivity contribution in [2.75, 3.05) is 6.54 Å². The second kappa shape index (κ2) is 5.35. The van der Waals surface area contributed by atoms with Gasteiger partial charge in [0, 0.05) is 0 Å². The van der Waals surface area contributed by atoms with Crippen LogP contribution in [-0.2, 0) is 4.79 Å². The maximum absolute atomic E-state index is 10.6. The highest BCUT2D eigenvalue weighted by molar-refractivity contribution is 5.72. The van der Waals surface area contributed by atoms with Crippen LogP contribution in [0.25, 0.3) is 0 Å². The Kier molecular flexibility index (Phi) is 4.39. The first-order chi connectivity index (χ1) is 6.59. The van der Waals surface area contributed by atoms with Crippen LogP contribution in [0.4, 0.5) is 0 Å². The van der Waals surface area contributed by atoms with E-state index in [-0.39, 0.29) is 0 Å². The van der Waals surface area contributed by atoms with Gasteiger partial charge < -0.3 is 10.4 Å². The molecule has 0 aromatic rings. The Morgan fingerprint density at radius 3 is 2.86 bits per heavy atom. The van der Waals surface area contributed by atoms with E-state index in [9.17, 15) is 4.79 Å². The van der Waals surface area contributed by atoms with Crippen LogP contribution in [0.1, 0.15) is 39.5 Å². The lowest BCUT2D eigenvalue weighted by Gasteiger charge is -2.27. The Morgan fingerprint density at radius 1 is 1.57 bits per heavy atom. The zero-order valence-electron chi connectivity index (χ0n) is 9.12. The minimum atomic E-state index is -0.756. The predicted octanol–water partition coefficient (Wildman–Crippen LogP) is 1.88. The fourth-order valence-electron chi connectivity index (χ4n) is 2.18. The van der Waals surface area contributed by atoms with Crippen LogP contribution in [-0.4, -0.2) is 23.7 Å². The molecule has 0 saturated heterocycles. The van der Waals surface area contributed by atoms with Gasteiger partial charge in [-0.2, -0.15) is 0 Å². The molecule has 0 radical (unpaired) electrons. The molecule has 3 nitrogen and oxygen atoms in total. The molecule has 0 spiro atoms. The zero-order chi connectivity index (χ0) is 10.6. The molecule has 1 saturated carbocycles. The minimum Gasteiger partial charge on any atom is -0.480 e. The summed E-state index contributed by atoms with van der Waals surface area (Å²) in [7, 11) is 0. The van der Waals surface area contributed by atoms with Gasteiger partial charge in [0.05, 0.1) is 0 Å². The van der Waals surface area contributed by atoms with Crippen molar-refractivity contribution in [2.24, 2.45) is 11.8 Å². The fourth-order valence-corrected chi connectivity index (χ4v) is 2.18. The lowest BCUT2D eigenvalue weighted by Crippen LogP contribution is -2.38. The molecule has 1 rings (SSSR count). The predicted molar refractivity (Wildman–Crippen MR) is 56.2 cm³/mol. The molecule has 0 aliphatic heterocycles. The normalized spacial score (nSPS) is 29.9. The standard InChI is InChI=1S/C11H21NO2/c1-8-4-3-5-10(6-8)7-12-9(2)11(13)14/h8-10,12H,3-7H2,1-2H3,(H,13,14). The number of hydrogen-bond acceptors (Lipinski definition) is 2. The molecule has 3 atom stereocenters. The van der Waals surface area contributed by atoms with Crippen molar-refractivity contribution < 1.29 is 9.90 Å². The van der Waals surface area contributed by atoms with Crippen LogP contribution < -0.4 is 5.32 Å². The summed E-state index contributed by atoms with van der Waals surface area (Å²) in [4.78, 5) is 10.6. The van der Waals surface area contributed by atoms with E-state index >= 15 is 0 Å². The largest absolute Gasteiger partial charge is 0.480 e. The van der Waals surface area contributed by atoms with Crippen molar-refractivity contribution in [1.82, 2.24) is 5.32 Å². The van der Waals surface area contributed by atoms with Gasteiger partial charge in [0.15, 0.2) is 0 Å². The molecule has 3 unspecified atom stereocenters. The molecule has 14 heavy (non-hydrogen) atoms. The van der Waals surface area contributed by atoms with Crippen LogP contribution in [0.3, 0.4) is 0 Å². The number of hydrogen-bond donors (Lipinski definition) is 2. The van der Waals surface area contributed by atoms with E-state index in [0.29, 0.717) is 5.92 Å². The average Bonchev–Trinajstić information content (AvgIpc) is 2.14. The molecule has 0 amide bonds. The summed E-state index contributed by atoms with van der Waals surface area (Å²) in [6, 6.07) is -0.410. The highest BCUT2D eigenvalue weighted by Crippen LogP contribution is 2.27. The zero-order valence-corrected chi connectivity index (χ0v) is 9.12. The Bertz CT molecular complexity index is 194. The summed E-state index contributed by atoms with van der Waals surface area (Å²) in [6.07, 6.45) is 5.14. The lowest BCUT2D eigenvalue weighted by molar-refractivity contribution is -0.139. The van der Waals surface area contributed by atoms with Crippen molar-refractivity contribution in [1.29, 1.82) is 0 Å². The van der Waals surface area contributed by atoms with E-state index in [4.69, 9.17) is 5.11 Å². The minimum absolute atomic E-state index is 0.410. The fraction of sp³-hybridized carbons (Fsp3) is 0.909. The third-order valence-electron chi connectivity index (χ3n) is 3.13. The van der Waals surface area contributed by atoms with Crippen LogP contribution in [0.2, 0.25) is 0 Å². The van der Waals surface area contributed by atoms with E-state index in [1.54, 1.807) is 6.92 Å². The van der Waals surface area contributed by atoms with Crippen LogP contribution in [0.15, 0.2) is 0 Å². The van der Waals surface area contributed by atoms with Gasteiger partial charge in [-0.15, -0.1) is 0 Å². The first-order valence-electron chi connectivity index (χ1n) is 5.55. The topological polar surface area (TPSA) is 49.3 Å². The van der Waals surface area contributed by atoms with Gasteiger partial charge in [-0.3, -0.25) is 4.79 Å². The van der Waals surface area contributed by atoms with Crippen LogP contribution in [0, 0.1) is 11.8 Å². The molecule has 1 fully saturated rings. The summed E-state index contributed by atoms with van der Waals surface area (Å²) < 4.78 is 0. The van der Waals surface area contributed by atoms with Crippen LogP contribution >= 0.6 is 0 Å². The molecule has 0 aromatic heterocycles. The van der Waals surface area contributed by atoms with Gasteiger partial charge >= 0.3 is 5.97 Å². The molecule has 0 aromatic carbocycles. The SMILES string of the molecule is CC1CCCC(CNC(C)C(=O)O)C1. The van der Waals surface area contributed by atoms with Crippen molar-refractivity contribution in [3.05, 3.63) is 0 Å². The van der Waals surface area contributed by atoms with Crippen molar-refractivity contribution in [3.8, 4) is 0 Å². The van der Waals surface area contributed by atoms with E-state index < -0.39 is 12.0 Å². The molecular formula is C11H21NO2. The summed E-state index contributed by atoms with van der Waals surface area (Å²) >= 11 is 0. The Balaban J connectivity index is 2.20. The van der Waals surface area contributed by atoms with Crippen molar-refractivity contribution in [3.63, 3.8) is 0 Å². The van der Waals surface area contributed by atoms with E-state index in [2.05, 4.69) is 12.2 Å². The Morgan fingerprint density at radius 2 is 2.29 bits per heavy atom. The summed E-state index contributed by atoms with van der Waals surface area (Å²) in [6.45, 7) is 4.85. The van der Waals surface area contributed by atoms with E-state index in [1.807, 2.05) is 0 Å². The first-order valence-corrected chi connectivity index (χ1v) is 5.55. The summed E-state index contributed by atoms with van der Waals surface area (Å²) in [5.74, 6) is 0.741. The maximum atomic E-state index is 10.6. The van der Waals surface area contributed by atoms with Gasteiger partial charge in [0.2, 0.25) is 0 Å². The Hall–Kier alpha value is -0.570. The smallest absolute Gasteiger partial charge is 0.320 e. The number of carboxylic acid groups (broad SMARTS) is 1. The number of carbonyl (C=O) groups is 1. The third kappa shape index (κ3) is 3.66. The third-order valence-corrected chi connectivity index (χ3v) is 3.13. The molecule has 0 heterocycles. The molecule has 1 aliphatic rings. The van der Waals surface area contributed by atoms with Gasteiger partial charge in [-0.05, 0) is 38.1 Å². The van der Waals surface area contributed by atoms with Crippen LogP contribution in [0.5, 0.6) is 0 Å². The highest BCUT2D eigenvalue weighted by Gasteiger charge is 2.20. The van der Waals surface area contributed by atoms with E-state index in [0.717, 1.165) is 12.5 Å². The monoisotopic (exact) mass is 199 g/mol. The van der Waals surface area contributed by atoms with Gasteiger partial charge in [0.25, 0.3) is 0 Å². The molecular weight excluding hydrogens is 178 g/mol. The summed E-state index contributed by atoms with van der Waals surface area (Å²) in [5, 5.41) is 11.8. The molecule has 0 bridgehead atoms. The number of aliphatic carboxylic acids is 1. The summed E-state index contributed by atoms with van der Waals surface area (Å²) in [5.41, 5.74) is 0. The second-order valence-corrected chi connectivity index (χ2v) is 4.61. The molecule has 2 N–H and O–H groups in total. The molecule has 82 valence electrons. The molecule has 1 aliphatic carbocycles. The van der Waals surface area contributed by atoms with Gasteiger partial charge in [0.1, 0.15) is 6.04 Å². The van der Waals surface area contributed by atoms with Gasteiger partial charge in [-0.1, -0.05) is 19.8 Å². The second-order valence-electron chi connectivity index (χ2n) is 4.61. The molecule has 3 heteroatoms. The number of carboxylic acids is 1. The number of rotatable bonds is 4. The van der Waals surface area contributed by atoms with E-state index in [1.165, 1.54) is 25.7 Å². The lowest BCUT2D eigenvalue weighted by atomic mass is 9.82. The quantitative estimate of drug-likeness (QED) is 0.726.